The lowest BCUT2D eigenvalue weighted by atomic mass is 10.0. The molecule has 0 bridgehead atoms. The molecular formula is C17H21NO4S. The molecule has 0 saturated carbocycles. The molecule has 0 aliphatic carbocycles. The summed E-state index contributed by atoms with van der Waals surface area (Å²) in [6, 6.07) is 14.1. The first-order chi connectivity index (χ1) is 11.0. The van der Waals surface area contributed by atoms with Gasteiger partial charge in [-0.3, -0.25) is 0 Å². The highest BCUT2D eigenvalue weighted by Gasteiger charge is 2.19. The minimum absolute atomic E-state index is 0.154. The van der Waals surface area contributed by atoms with Gasteiger partial charge in [-0.1, -0.05) is 30.3 Å². The summed E-state index contributed by atoms with van der Waals surface area (Å²) in [5, 5.41) is 0. The van der Waals surface area contributed by atoms with E-state index in [1.165, 1.54) is 19.2 Å². The van der Waals surface area contributed by atoms with Crippen molar-refractivity contribution in [1.82, 2.24) is 4.72 Å². The molecule has 0 radical (unpaired) electrons. The molecule has 1 N–H and O–H groups in total. The maximum atomic E-state index is 12.4. The minimum Gasteiger partial charge on any atom is -0.497 e. The van der Waals surface area contributed by atoms with Gasteiger partial charge in [0.25, 0.3) is 0 Å². The molecule has 23 heavy (non-hydrogen) atoms. The van der Waals surface area contributed by atoms with Gasteiger partial charge in [0.15, 0.2) is 0 Å². The van der Waals surface area contributed by atoms with Crippen LogP contribution < -0.4 is 9.46 Å². The van der Waals surface area contributed by atoms with E-state index in [1.807, 2.05) is 31.2 Å². The van der Waals surface area contributed by atoms with Crippen LogP contribution in [0.3, 0.4) is 0 Å². The van der Waals surface area contributed by atoms with Crippen LogP contribution in [0, 0.1) is 6.92 Å². The third-order valence-electron chi connectivity index (χ3n) is 3.63. The Morgan fingerprint density at radius 3 is 2.48 bits per heavy atom. The monoisotopic (exact) mass is 335 g/mol. The molecule has 0 heterocycles. The van der Waals surface area contributed by atoms with Gasteiger partial charge in [0.2, 0.25) is 10.0 Å². The van der Waals surface area contributed by atoms with Gasteiger partial charge in [0, 0.05) is 19.7 Å². The van der Waals surface area contributed by atoms with E-state index in [2.05, 4.69) is 4.72 Å². The van der Waals surface area contributed by atoms with Crippen LogP contribution in [0.2, 0.25) is 0 Å². The lowest BCUT2D eigenvalue weighted by Crippen LogP contribution is -2.29. The number of ether oxygens (including phenoxy) is 2. The predicted molar refractivity (Wildman–Crippen MR) is 89.1 cm³/mol. The SMILES string of the molecule is COc1cccc(S(=O)(=O)NCC(OC)c2ccccc2C)c1. The van der Waals surface area contributed by atoms with Crippen molar-refractivity contribution >= 4 is 10.0 Å². The number of sulfonamides is 1. The first kappa shape index (κ1) is 17.5. The Kier molecular flexibility index (Phi) is 5.76. The Labute approximate surface area is 137 Å². The molecule has 2 rings (SSSR count). The van der Waals surface area contributed by atoms with Crippen LogP contribution in [-0.4, -0.2) is 29.2 Å². The standard InChI is InChI=1S/C17H21NO4S/c1-13-7-4-5-10-16(13)17(22-3)12-18-23(19,20)15-9-6-8-14(11-15)21-2/h4-11,17-18H,12H2,1-3H3. The molecule has 124 valence electrons. The minimum atomic E-state index is -3.63. The molecule has 0 amide bonds. The highest BCUT2D eigenvalue weighted by Crippen LogP contribution is 2.21. The summed E-state index contributed by atoms with van der Waals surface area (Å²) >= 11 is 0. The highest BCUT2D eigenvalue weighted by molar-refractivity contribution is 7.89. The molecule has 5 nitrogen and oxygen atoms in total. The van der Waals surface area contributed by atoms with Gasteiger partial charge in [0.05, 0.1) is 18.1 Å². The largest absolute Gasteiger partial charge is 0.497 e. The molecule has 0 aromatic heterocycles. The average Bonchev–Trinajstić information content (AvgIpc) is 2.57. The van der Waals surface area contributed by atoms with Crippen molar-refractivity contribution < 1.29 is 17.9 Å². The third-order valence-corrected chi connectivity index (χ3v) is 5.05. The van der Waals surface area contributed by atoms with Crippen molar-refractivity contribution in [3.8, 4) is 5.75 Å². The molecule has 0 fully saturated rings. The van der Waals surface area contributed by atoms with Crippen LogP contribution in [0.4, 0.5) is 0 Å². The number of aryl methyl sites for hydroxylation is 1. The Hall–Kier alpha value is -1.89. The van der Waals surface area contributed by atoms with Crippen molar-refractivity contribution in [3.05, 3.63) is 59.7 Å². The average molecular weight is 335 g/mol. The molecule has 2 aromatic rings. The summed E-state index contributed by atoms with van der Waals surface area (Å²) < 4.78 is 37.9. The summed E-state index contributed by atoms with van der Waals surface area (Å²) in [6.07, 6.45) is -0.350. The fourth-order valence-electron chi connectivity index (χ4n) is 2.31. The van der Waals surface area contributed by atoms with Gasteiger partial charge >= 0.3 is 0 Å². The van der Waals surface area contributed by atoms with E-state index < -0.39 is 10.0 Å². The lowest BCUT2D eigenvalue weighted by molar-refractivity contribution is 0.107. The van der Waals surface area contributed by atoms with Crippen LogP contribution in [-0.2, 0) is 14.8 Å². The van der Waals surface area contributed by atoms with Gasteiger partial charge in [-0.2, -0.15) is 0 Å². The van der Waals surface area contributed by atoms with Crippen molar-refractivity contribution in [2.45, 2.75) is 17.9 Å². The Morgan fingerprint density at radius 2 is 1.83 bits per heavy atom. The van der Waals surface area contributed by atoms with Crippen LogP contribution in [0.15, 0.2) is 53.4 Å². The topological polar surface area (TPSA) is 64.6 Å². The summed E-state index contributed by atoms with van der Waals surface area (Å²) in [7, 11) is -0.564. The zero-order valence-corrected chi connectivity index (χ0v) is 14.3. The summed E-state index contributed by atoms with van der Waals surface area (Å²) in [4.78, 5) is 0.163. The molecule has 1 atom stereocenters. The van der Waals surface area contributed by atoms with E-state index in [4.69, 9.17) is 9.47 Å². The second kappa shape index (κ2) is 7.59. The quantitative estimate of drug-likeness (QED) is 0.845. The van der Waals surface area contributed by atoms with Gasteiger partial charge in [-0.15, -0.1) is 0 Å². The first-order valence-electron chi connectivity index (χ1n) is 7.20. The number of benzene rings is 2. The van der Waals surface area contributed by atoms with E-state index in [0.29, 0.717) is 5.75 Å². The summed E-state index contributed by atoms with van der Waals surface area (Å²) in [6.45, 7) is 2.12. The lowest BCUT2D eigenvalue weighted by Gasteiger charge is -2.18. The smallest absolute Gasteiger partial charge is 0.240 e. The number of rotatable bonds is 7. The Morgan fingerprint density at radius 1 is 1.09 bits per heavy atom. The van der Waals surface area contributed by atoms with E-state index in [9.17, 15) is 8.42 Å². The molecule has 0 spiro atoms. The fraction of sp³-hybridized carbons (Fsp3) is 0.294. The summed E-state index contributed by atoms with van der Waals surface area (Å²) in [5.41, 5.74) is 2.02. The van der Waals surface area contributed by atoms with Crippen molar-refractivity contribution in [1.29, 1.82) is 0 Å². The van der Waals surface area contributed by atoms with Crippen LogP contribution >= 0.6 is 0 Å². The normalized spacial score (nSPS) is 12.8. The van der Waals surface area contributed by atoms with E-state index >= 15 is 0 Å². The molecule has 2 aromatic carbocycles. The van der Waals surface area contributed by atoms with E-state index in [1.54, 1.807) is 19.2 Å². The van der Waals surface area contributed by atoms with Gasteiger partial charge in [-0.25, -0.2) is 13.1 Å². The number of hydrogen-bond acceptors (Lipinski definition) is 4. The number of nitrogens with one attached hydrogen (secondary N) is 1. The summed E-state index contributed by atoms with van der Waals surface area (Å²) in [5.74, 6) is 0.495. The maximum Gasteiger partial charge on any atom is 0.240 e. The Balaban J connectivity index is 2.15. The molecular weight excluding hydrogens is 314 g/mol. The molecule has 6 heteroatoms. The Bertz CT molecular complexity index is 759. The highest BCUT2D eigenvalue weighted by atomic mass is 32.2. The number of hydrogen-bond donors (Lipinski definition) is 1. The second-order valence-electron chi connectivity index (χ2n) is 5.11. The van der Waals surface area contributed by atoms with Crippen LogP contribution in [0.1, 0.15) is 17.2 Å². The van der Waals surface area contributed by atoms with Crippen molar-refractivity contribution in [3.63, 3.8) is 0 Å². The third kappa shape index (κ3) is 4.31. The molecule has 0 aliphatic heterocycles. The van der Waals surface area contributed by atoms with Crippen LogP contribution in [0.5, 0.6) is 5.75 Å². The van der Waals surface area contributed by atoms with Crippen LogP contribution in [0.25, 0.3) is 0 Å². The second-order valence-corrected chi connectivity index (χ2v) is 6.88. The van der Waals surface area contributed by atoms with Crippen molar-refractivity contribution in [2.24, 2.45) is 0 Å². The first-order valence-corrected chi connectivity index (χ1v) is 8.68. The van der Waals surface area contributed by atoms with Gasteiger partial charge < -0.3 is 9.47 Å². The maximum absolute atomic E-state index is 12.4. The molecule has 1 unspecified atom stereocenters. The molecule has 0 aliphatic rings. The molecule has 0 saturated heterocycles. The van der Waals surface area contributed by atoms with Crippen molar-refractivity contribution in [2.75, 3.05) is 20.8 Å². The van der Waals surface area contributed by atoms with E-state index in [-0.39, 0.29) is 17.5 Å². The zero-order chi connectivity index (χ0) is 16.9. The fourth-order valence-corrected chi connectivity index (χ4v) is 3.37. The number of methoxy groups -OCH3 is 2. The van der Waals surface area contributed by atoms with Gasteiger partial charge in [0.1, 0.15) is 5.75 Å². The van der Waals surface area contributed by atoms with E-state index in [0.717, 1.165) is 11.1 Å². The van der Waals surface area contributed by atoms with Gasteiger partial charge in [-0.05, 0) is 30.2 Å². The predicted octanol–water partition coefficient (Wildman–Crippen LogP) is 2.67. The zero-order valence-electron chi connectivity index (χ0n) is 13.4.